The monoisotopic (exact) mass is 462 g/mol. The van der Waals surface area contributed by atoms with E-state index in [1.54, 1.807) is 4.90 Å². The fourth-order valence-electron chi connectivity index (χ4n) is 7.52. The van der Waals surface area contributed by atoms with Gasteiger partial charge in [-0.3, -0.25) is 9.59 Å². The van der Waals surface area contributed by atoms with Crippen molar-refractivity contribution in [2.24, 2.45) is 29.1 Å². The molecule has 4 nitrogen and oxygen atoms in total. The Morgan fingerprint density at radius 3 is 2.00 bits per heavy atom. The van der Waals surface area contributed by atoms with Gasteiger partial charge in [-0.1, -0.05) is 0 Å². The maximum absolute atomic E-state index is 12.7. The second-order valence-corrected chi connectivity index (χ2v) is 11.1. The number of likely N-dealkylation sites (tertiary alicyclic amines) is 1. The van der Waals surface area contributed by atoms with Crippen molar-refractivity contribution in [1.29, 1.82) is 0 Å². The molecule has 4 saturated carbocycles. The van der Waals surface area contributed by atoms with Crippen molar-refractivity contribution in [3.63, 3.8) is 0 Å². The highest BCUT2D eigenvalue weighted by Gasteiger charge is 2.50. The summed E-state index contributed by atoms with van der Waals surface area (Å²) in [5.74, 6) is 2.46. The molecule has 7 heteroatoms. The summed E-state index contributed by atoms with van der Waals surface area (Å²) in [6, 6.07) is 4.34. The molecule has 0 atom stereocenters. The van der Waals surface area contributed by atoms with Crippen LogP contribution in [0.15, 0.2) is 24.3 Å². The van der Waals surface area contributed by atoms with Crippen LogP contribution >= 0.6 is 0 Å². The van der Waals surface area contributed by atoms with Crippen LogP contribution in [-0.4, -0.2) is 36.3 Å². The van der Waals surface area contributed by atoms with Crippen molar-refractivity contribution < 1.29 is 22.8 Å². The number of nitrogens with one attached hydrogen (secondary N) is 1. The van der Waals surface area contributed by atoms with E-state index >= 15 is 0 Å². The Kier molecular flexibility index (Phi) is 5.94. The molecule has 5 aliphatic rings. The molecule has 1 aromatic carbocycles. The minimum absolute atomic E-state index is 0.0846. The number of alkyl halides is 3. The van der Waals surface area contributed by atoms with Gasteiger partial charge in [0.15, 0.2) is 0 Å². The summed E-state index contributed by atoms with van der Waals surface area (Å²) < 4.78 is 38.2. The van der Waals surface area contributed by atoms with Crippen LogP contribution in [0.2, 0.25) is 0 Å². The van der Waals surface area contributed by atoms with Gasteiger partial charge in [0.05, 0.1) is 5.56 Å². The van der Waals surface area contributed by atoms with Crippen LogP contribution in [0.3, 0.4) is 0 Å². The van der Waals surface area contributed by atoms with E-state index < -0.39 is 11.7 Å². The van der Waals surface area contributed by atoms with E-state index in [0.29, 0.717) is 31.3 Å². The number of hydrogen-bond acceptors (Lipinski definition) is 2. The van der Waals surface area contributed by atoms with Gasteiger partial charge in [-0.05, 0) is 105 Å². The highest BCUT2D eigenvalue weighted by Crippen LogP contribution is 2.61. The Bertz CT molecular complexity index is 853. The summed E-state index contributed by atoms with van der Waals surface area (Å²) in [6.45, 7) is 1.65. The lowest BCUT2D eigenvalue weighted by Gasteiger charge is -2.57. The lowest BCUT2D eigenvalue weighted by atomic mass is 9.49. The molecule has 0 radical (unpaired) electrons. The second-order valence-electron chi connectivity index (χ2n) is 11.1. The summed E-state index contributed by atoms with van der Waals surface area (Å²) >= 11 is 0. The predicted molar refractivity (Wildman–Crippen MR) is 118 cm³/mol. The third kappa shape index (κ3) is 4.78. The maximum atomic E-state index is 12.7. The quantitative estimate of drug-likeness (QED) is 0.647. The van der Waals surface area contributed by atoms with Crippen LogP contribution in [0.1, 0.15) is 73.7 Å². The topological polar surface area (TPSA) is 49.4 Å². The number of benzene rings is 1. The molecule has 2 amide bonds. The standard InChI is InChI=1S/C26H33F3N2O2/c27-26(28,29)22-3-1-21(2-4-22)24(33)31-9-5-20(6-10-31)23(32)30-8-7-25-14-17-11-18(15-25)13-19(12-17)16-25/h1-4,17-20H,5-16H2,(H,30,32). The van der Waals surface area contributed by atoms with Crippen LogP contribution in [-0.2, 0) is 11.0 Å². The zero-order valence-electron chi connectivity index (χ0n) is 19.0. The summed E-state index contributed by atoms with van der Waals surface area (Å²) in [4.78, 5) is 27.0. The highest BCUT2D eigenvalue weighted by atomic mass is 19.4. The zero-order chi connectivity index (χ0) is 23.2. The van der Waals surface area contributed by atoms with Crippen molar-refractivity contribution in [3.05, 3.63) is 35.4 Å². The highest BCUT2D eigenvalue weighted by molar-refractivity contribution is 5.94. The van der Waals surface area contributed by atoms with E-state index in [-0.39, 0.29) is 23.3 Å². The molecule has 1 N–H and O–H groups in total. The average molecular weight is 463 g/mol. The van der Waals surface area contributed by atoms with E-state index in [2.05, 4.69) is 5.32 Å². The first-order valence-electron chi connectivity index (χ1n) is 12.4. The van der Waals surface area contributed by atoms with Gasteiger partial charge in [0.25, 0.3) is 5.91 Å². The van der Waals surface area contributed by atoms with Gasteiger partial charge in [-0.2, -0.15) is 13.2 Å². The van der Waals surface area contributed by atoms with Gasteiger partial charge in [0.2, 0.25) is 5.91 Å². The summed E-state index contributed by atoms with van der Waals surface area (Å²) in [5.41, 5.74) is -0.0520. The average Bonchev–Trinajstić information content (AvgIpc) is 2.77. The van der Waals surface area contributed by atoms with Gasteiger partial charge in [-0.15, -0.1) is 0 Å². The third-order valence-corrected chi connectivity index (χ3v) is 8.73. The van der Waals surface area contributed by atoms with Crippen molar-refractivity contribution in [2.75, 3.05) is 19.6 Å². The molecule has 0 aromatic heterocycles. The molecule has 1 aromatic rings. The molecule has 4 aliphatic carbocycles. The normalized spacial score (nSPS) is 31.6. The molecule has 0 spiro atoms. The fourth-order valence-corrected chi connectivity index (χ4v) is 7.52. The molecule has 1 aliphatic heterocycles. The third-order valence-electron chi connectivity index (χ3n) is 8.73. The molecular weight excluding hydrogens is 429 g/mol. The van der Waals surface area contributed by atoms with Crippen LogP contribution < -0.4 is 5.32 Å². The first-order valence-corrected chi connectivity index (χ1v) is 12.4. The van der Waals surface area contributed by atoms with Crippen molar-refractivity contribution in [1.82, 2.24) is 10.2 Å². The minimum Gasteiger partial charge on any atom is -0.356 e. The van der Waals surface area contributed by atoms with Crippen molar-refractivity contribution in [3.8, 4) is 0 Å². The number of hydrogen-bond donors (Lipinski definition) is 1. The summed E-state index contributed by atoms with van der Waals surface area (Å²) in [5, 5.41) is 3.17. The lowest BCUT2D eigenvalue weighted by molar-refractivity contribution is -0.137. The number of carbonyl (C=O) groups is 2. The SMILES string of the molecule is O=C(NCCC12CC3CC(CC(C3)C1)C2)C1CCN(C(=O)c2ccc(C(F)(F)F)cc2)CC1. The Morgan fingerprint density at radius 2 is 1.48 bits per heavy atom. The Hall–Kier alpha value is -2.05. The number of amides is 2. The first-order chi connectivity index (χ1) is 15.7. The lowest BCUT2D eigenvalue weighted by Crippen LogP contribution is -2.48. The summed E-state index contributed by atoms with van der Waals surface area (Å²) in [6.07, 6.45) is 6.18. The number of carbonyl (C=O) groups excluding carboxylic acids is 2. The van der Waals surface area contributed by atoms with Crippen molar-refractivity contribution in [2.45, 2.75) is 64.0 Å². The Morgan fingerprint density at radius 1 is 0.939 bits per heavy atom. The fraction of sp³-hybridized carbons (Fsp3) is 0.692. The van der Waals surface area contributed by atoms with Crippen molar-refractivity contribution >= 4 is 11.8 Å². The van der Waals surface area contributed by atoms with E-state index in [1.165, 1.54) is 50.7 Å². The zero-order valence-corrected chi connectivity index (χ0v) is 19.0. The van der Waals surface area contributed by atoms with Crippen LogP contribution in [0.5, 0.6) is 0 Å². The molecule has 6 rings (SSSR count). The molecule has 1 saturated heterocycles. The van der Waals surface area contributed by atoms with E-state index in [4.69, 9.17) is 0 Å². The van der Waals surface area contributed by atoms with E-state index in [0.717, 1.165) is 42.9 Å². The molecular formula is C26H33F3N2O2. The molecule has 180 valence electrons. The number of halogens is 3. The van der Waals surface area contributed by atoms with E-state index in [1.807, 2.05) is 0 Å². The number of nitrogens with zero attached hydrogens (tertiary/aromatic N) is 1. The maximum Gasteiger partial charge on any atom is 0.416 e. The summed E-state index contributed by atoms with van der Waals surface area (Å²) in [7, 11) is 0. The van der Waals surface area contributed by atoms with Gasteiger partial charge in [0.1, 0.15) is 0 Å². The van der Waals surface area contributed by atoms with Crippen LogP contribution in [0.4, 0.5) is 13.2 Å². The largest absolute Gasteiger partial charge is 0.416 e. The van der Waals surface area contributed by atoms with Gasteiger partial charge in [-0.25, -0.2) is 0 Å². The van der Waals surface area contributed by atoms with Crippen LogP contribution in [0.25, 0.3) is 0 Å². The minimum atomic E-state index is -4.41. The second kappa shape index (κ2) is 8.62. The smallest absolute Gasteiger partial charge is 0.356 e. The van der Waals surface area contributed by atoms with Gasteiger partial charge in [0, 0.05) is 31.1 Å². The molecule has 33 heavy (non-hydrogen) atoms. The van der Waals surface area contributed by atoms with Gasteiger partial charge >= 0.3 is 6.18 Å². The number of rotatable bonds is 5. The molecule has 5 fully saturated rings. The Balaban J connectivity index is 1.07. The van der Waals surface area contributed by atoms with Gasteiger partial charge < -0.3 is 10.2 Å². The first kappa shape index (κ1) is 22.7. The molecule has 0 unspecified atom stereocenters. The number of piperidine rings is 1. The molecule has 4 bridgehead atoms. The van der Waals surface area contributed by atoms with Crippen LogP contribution in [0, 0.1) is 29.1 Å². The van der Waals surface area contributed by atoms with E-state index in [9.17, 15) is 22.8 Å². The molecule has 1 heterocycles. The Labute approximate surface area is 193 Å². The predicted octanol–water partition coefficient (Wildman–Crippen LogP) is 5.28.